The van der Waals surface area contributed by atoms with Gasteiger partial charge in [0.1, 0.15) is 0 Å². The zero-order valence-corrected chi connectivity index (χ0v) is 30.9. The first-order chi connectivity index (χ1) is 22.9. The lowest BCUT2D eigenvalue weighted by Gasteiger charge is -2.39. The summed E-state index contributed by atoms with van der Waals surface area (Å²) >= 11 is 0. The SMILES string of the molecule is C/C=C\c1c(C)c(F)c(F)c(F)c1F.CCCCC(CC)CC1(CC(CC)CCCC)c2cc(NC)ccc2-c2ccc(C(C)C)cc21. The molecule has 2 unspecified atom stereocenters. The van der Waals surface area contributed by atoms with Crippen molar-refractivity contribution < 1.29 is 17.6 Å². The number of halogens is 4. The third-order valence-corrected chi connectivity index (χ3v) is 10.6. The van der Waals surface area contributed by atoms with Gasteiger partial charge < -0.3 is 5.32 Å². The van der Waals surface area contributed by atoms with Gasteiger partial charge in [0.2, 0.25) is 0 Å². The highest BCUT2D eigenvalue weighted by Gasteiger charge is 2.45. The van der Waals surface area contributed by atoms with Gasteiger partial charge in [-0.15, -0.1) is 0 Å². The van der Waals surface area contributed by atoms with Crippen molar-refractivity contribution in [3.8, 4) is 11.1 Å². The fourth-order valence-electron chi connectivity index (χ4n) is 7.55. The highest BCUT2D eigenvalue weighted by atomic mass is 19.2. The van der Waals surface area contributed by atoms with Gasteiger partial charge in [0.15, 0.2) is 23.3 Å². The van der Waals surface area contributed by atoms with E-state index >= 15 is 0 Å². The molecule has 1 aliphatic rings. The Bertz CT molecular complexity index is 1470. The van der Waals surface area contributed by atoms with Crippen molar-refractivity contribution in [1.29, 1.82) is 0 Å². The monoisotopic (exact) mass is 665 g/mol. The Kier molecular flexibility index (Phi) is 14.8. The molecule has 0 fully saturated rings. The van der Waals surface area contributed by atoms with Crippen LogP contribution < -0.4 is 5.32 Å². The average Bonchev–Trinajstić information content (AvgIpc) is 3.36. The third-order valence-electron chi connectivity index (χ3n) is 10.6. The molecule has 0 aromatic heterocycles. The Labute approximate surface area is 288 Å². The van der Waals surface area contributed by atoms with Crippen LogP contribution in [-0.2, 0) is 5.41 Å². The topological polar surface area (TPSA) is 12.0 Å². The maximum absolute atomic E-state index is 13.1. The molecule has 1 nitrogen and oxygen atoms in total. The molecule has 264 valence electrons. The molecule has 0 radical (unpaired) electrons. The largest absolute Gasteiger partial charge is 0.388 e. The summed E-state index contributed by atoms with van der Waals surface area (Å²) in [6.45, 7) is 17.0. The first-order valence-electron chi connectivity index (χ1n) is 18.4. The third kappa shape index (κ3) is 8.55. The fraction of sp³-hybridized carbons (Fsp3) is 0.535. The van der Waals surface area contributed by atoms with E-state index in [2.05, 4.69) is 90.3 Å². The quantitative estimate of drug-likeness (QED) is 0.0968. The molecule has 48 heavy (non-hydrogen) atoms. The van der Waals surface area contributed by atoms with Gasteiger partial charge in [0.25, 0.3) is 0 Å². The van der Waals surface area contributed by atoms with Crippen LogP contribution in [0.15, 0.2) is 42.5 Å². The van der Waals surface area contributed by atoms with E-state index in [1.165, 1.54) is 106 Å². The van der Waals surface area contributed by atoms with Gasteiger partial charge in [-0.2, -0.15) is 0 Å². The number of nitrogens with one attached hydrogen (secondary N) is 1. The molecule has 3 aromatic rings. The van der Waals surface area contributed by atoms with Crippen LogP contribution in [0.25, 0.3) is 17.2 Å². The smallest absolute Gasteiger partial charge is 0.198 e. The predicted molar refractivity (Wildman–Crippen MR) is 198 cm³/mol. The zero-order chi connectivity index (χ0) is 35.6. The maximum atomic E-state index is 13.1. The average molecular weight is 666 g/mol. The molecule has 3 aromatic carbocycles. The molecule has 0 saturated heterocycles. The van der Waals surface area contributed by atoms with E-state index in [9.17, 15) is 17.6 Å². The normalized spacial score (nSPS) is 16.5. The lowest BCUT2D eigenvalue weighted by Crippen LogP contribution is -2.31. The van der Waals surface area contributed by atoms with Crippen LogP contribution in [0.4, 0.5) is 23.2 Å². The van der Waals surface area contributed by atoms with E-state index in [0.717, 1.165) is 11.8 Å². The molecule has 0 saturated carbocycles. The summed E-state index contributed by atoms with van der Waals surface area (Å²) in [6, 6.07) is 14.6. The summed E-state index contributed by atoms with van der Waals surface area (Å²) in [6.07, 6.45) is 15.8. The van der Waals surface area contributed by atoms with Crippen molar-refractivity contribution in [2.45, 2.75) is 131 Å². The number of rotatable bonds is 15. The van der Waals surface area contributed by atoms with E-state index < -0.39 is 23.3 Å². The van der Waals surface area contributed by atoms with Crippen LogP contribution in [-0.4, -0.2) is 7.05 Å². The van der Waals surface area contributed by atoms with E-state index in [4.69, 9.17) is 0 Å². The van der Waals surface area contributed by atoms with Crippen LogP contribution in [0, 0.1) is 42.0 Å². The molecular weight excluding hydrogens is 606 g/mol. The van der Waals surface area contributed by atoms with Gasteiger partial charge in [0.05, 0.1) is 0 Å². The van der Waals surface area contributed by atoms with Crippen LogP contribution in [0.3, 0.4) is 0 Å². The van der Waals surface area contributed by atoms with E-state index in [1.807, 2.05) is 0 Å². The number of unbranched alkanes of at least 4 members (excludes halogenated alkanes) is 2. The number of benzene rings is 3. The van der Waals surface area contributed by atoms with Gasteiger partial charge in [-0.1, -0.05) is 129 Å². The van der Waals surface area contributed by atoms with Crippen molar-refractivity contribution in [1.82, 2.24) is 0 Å². The second-order valence-electron chi connectivity index (χ2n) is 14.1. The lowest BCUT2D eigenvalue weighted by molar-refractivity contribution is 0.266. The first kappa shape index (κ1) is 39.4. The van der Waals surface area contributed by atoms with Crippen molar-refractivity contribution in [2.75, 3.05) is 12.4 Å². The fourth-order valence-corrected chi connectivity index (χ4v) is 7.55. The van der Waals surface area contributed by atoms with Crippen molar-refractivity contribution in [3.05, 3.63) is 93.6 Å². The van der Waals surface area contributed by atoms with Crippen LogP contribution in [0.1, 0.15) is 146 Å². The Morgan fingerprint density at radius 1 is 0.729 bits per heavy atom. The summed E-state index contributed by atoms with van der Waals surface area (Å²) in [4.78, 5) is 0. The number of anilines is 1. The van der Waals surface area contributed by atoms with Crippen LogP contribution in [0.5, 0.6) is 0 Å². The molecule has 0 heterocycles. The minimum atomic E-state index is -1.78. The van der Waals surface area contributed by atoms with E-state index in [-0.39, 0.29) is 16.5 Å². The summed E-state index contributed by atoms with van der Waals surface area (Å²) in [5.41, 5.74) is 8.59. The highest BCUT2D eigenvalue weighted by molar-refractivity contribution is 5.83. The molecule has 0 bridgehead atoms. The van der Waals surface area contributed by atoms with E-state index in [0.29, 0.717) is 5.92 Å². The molecule has 1 aliphatic carbocycles. The van der Waals surface area contributed by atoms with Gasteiger partial charge in [-0.3, -0.25) is 0 Å². The number of hydrogen-bond donors (Lipinski definition) is 1. The number of allylic oxidation sites excluding steroid dienone is 1. The maximum Gasteiger partial charge on any atom is 0.198 e. The number of hydrogen-bond acceptors (Lipinski definition) is 1. The first-order valence-corrected chi connectivity index (χ1v) is 18.4. The molecule has 4 rings (SSSR count). The molecule has 0 aliphatic heterocycles. The summed E-state index contributed by atoms with van der Waals surface area (Å²) in [5, 5.41) is 3.45. The van der Waals surface area contributed by atoms with Gasteiger partial charge in [-0.25, -0.2) is 17.6 Å². The number of fused-ring (bicyclic) bond motifs is 3. The van der Waals surface area contributed by atoms with Crippen molar-refractivity contribution in [2.24, 2.45) is 11.8 Å². The minimum absolute atomic E-state index is 0.130. The molecule has 5 heteroatoms. The molecule has 2 atom stereocenters. The molecular formula is C43H59F4N. The van der Waals surface area contributed by atoms with Crippen molar-refractivity contribution >= 4 is 11.8 Å². The minimum Gasteiger partial charge on any atom is -0.388 e. The van der Waals surface area contributed by atoms with Gasteiger partial charge >= 0.3 is 0 Å². The lowest BCUT2D eigenvalue weighted by atomic mass is 9.65. The Hall–Kier alpha value is -3.08. The Balaban J connectivity index is 0.000000373. The van der Waals surface area contributed by atoms with Crippen LogP contribution >= 0.6 is 0 Å². The van der Waals surface area contributed by atoms with E-state index in [1.54, 1.807) is 18.1 Å². The molecule has 0 spiro atoms. The summed E-state index contributed by atoms with van der Waals surface area (Å²) in [5.74, 6) is -4.14. The predicted octanol–water partition coefficient (Wildman–Crippen LogP) is 13.9. The van der Waals surface area contributed by atoms with Crippen LogP contribution in [0.2, 0.25) is 0 Å². The molecule has 1 N–H and O–H groups in total. The second-order valence-corrected chi connectivity index (χ2v) is 14.1. The summed E-state index contributed by atoms with van der Waals surface area (Å²) < 4.78 is 51.4. The Morgan fingerprint density at radius 2 is 1.25 bits per heavy atom. The highest BCUT2D eigenvalue weighted by Crippen LogP contribution is 2.57. The Morgan fingerprint density at radius 3 is 1.73 bits per heavy atom. The summed E-state index contributed by atoms with van der Waals surface area (Å²) in [7, 11) is 2.06. The molecule has 0 amide bonds. The zero-order valence-electron chi connectivity index (χ0n) is 30.9. The second kappa shape index (κ2) is 18.1. The van der Waals surface area contributed by atoms with Crippen molar-refractivity contribution in [3.63, 3.8) is 0 Å². The standard InChI is InChI=1S/C33H51N.C10H8F4/c1-8-12-14-25(10-3)22-33(23-26(11-4)15-13-9-2)31-20-27(24(5)6)16-18-29(31)30-19-17-28(34-7)21-32(30)33;1-3-4-6-5(2)7(11)9(13)10(14)8(6)12/h16-21,24-26,34H,8-15,22-23H2,1-7H3;3-4H,1-2H3/b;4-3-. The van der Waals surface area contributed by atoms with Gasteiger partial charge in [-0.05, 0) is 90.0 Å². The van der Waals surface area contributed by atoms with Gasteiger partial charge in [0, 0.05) is 23.7 Å².